The monoisotopic (exact) mass is 382 g/mol. The van der Waals surface area contributed by atoms with Crippen molar-refractivity contribution in [3.8, 4) is 0 Å². The fourth-order valence-electron chi connectivity index (χ4n) is 4.27. The second-order valence-corrected chi connectivity index (χ2v) is 7.75. The molecule has 2 fully saturated rings. The van der Waals surface area contributed by atoms with Crippen LogP contribution in [-0.4, -0.2) is 44.8 Å². The van der Waals surface area contributed by atoms with Crippen LogP contribution < -0.4 is 5.32 Å². The van der Waals surface area contributed by atoms with Crippen molar-refractivity contribution in [2.75, 3.05) is 0 Å². The number of carbonyl (C=O) groups is 2. The van der Waals surface area contributed by atoms with Crippen molar-refractivity contribution in [3.05, 3.63) is 58.9 Å². The van der Waals surface area contributed by atoms with Crippen molar-refractivity contribution in [3.63, 3.8) is 0 Å². The number of hydrogen-bond acceptors (Lipinski definition) is 4. The number of aryl methyl sites for hydroxylation is 2. The Kier molecular flexibility index (Phi) is 4.83. The van der Waals surface area contributed by atoms with Gasteiger partial charge in [0.25, 0.3) is 11.8 Å². The zero-order valence-corrected chi connectivity index (χ0v) is 16.0. The molecular weight excluding hydrogens is 359 g/mol. The van der Waals surface area contributed by atoms with Gasteiger partial charge in [0.2, 0.25) is 0 Å². The van der Waals surface area contributed by atoms with E-state index in [1.165, 1.54) is 12.3 Å². The number of aromatic nitrogens is 2. The highest BCUT2D eigenvalue weighted by Crippen LogP contribution is 2.37. The molecule has 3 heterocycles. The largest absolute Gasteiger partial charge is 0.348 e. The molecule has 28 heavy (non-hydrogen) atoms. The third-order valence-electron chi connectivity index (χ3n) is 5.74. The van der Waals surface area contributed by atoms with E-state index in [0.717, 1.165) is 18.5 Å². The number of nitrogens with zero attached hydrogens (tertiary/aromatic N) is 3. The summed E-state index contributed by atoms with van der Waals surface area (Å²) in [5.41, 5.74) is 1.97. The van der Waals surface area contributed by atoms with Crippen molar-refractivity contribution in [1.82, 2.24) is 20.2 Å². The molecule has 2 aliphatic rings. The minimum atomic E-state index is -0.362. The van der Waals surface area contributed by atoms with E-state index < -0.39 is 0 Å². The van der Waals surface area contributed by atoms with Gasteiger partial charge in [0.05, 0.1) is 11.9 Å². The number of fused-ring (bicyclic) bond motifs is 2. The fourth-order valence-corrected chi connectivity index (χ4v) is 4.27. The van der Waals surface area contributed by atoms with Gasteiger partial charge in [-0.25, -0.2) is 9.37 Å². The number of carbonyl (C=O) groups excluding carboxylic acids is 2. The first kappa shape index (κ1) is 18.5. The van der Waals surface area contributed by atoms with E-state index in [4.69, 9.17) is 0 Å². The number of amides is 2. The molecular formula is C21H23FN4O2. The lowest BCUT2D eigenvalue weighted by Gasteiger charge is -2.39. The zero-order valence-electron chi connectivity index (χ0n) is 16.0. The topological polar surface area (TPSA) is 75.2 Å². The van der Waals surface area contributed by atoms with Gasteiger partial charge in [0.1, 0.15) is 11.5 Å². The van der Waals surface area contributed by atoms with Gasteiger partial charge in [0.15, 0.2) is 0 Å². The lowest BCUT2D eigenvalue weighted by molar-refractivity contribution is 0.0548. The highest BCUT2D eigenvalue weighted by Gasteiger charge is 2.43. The van der Waals surface area contributed by atoms with E-state index in [1.807, 2.05) is 11.8 Å². The van der Waals surface area contributed by atoms with E-state index >= 15 is 0 Å². The van der Waals surface area contributed by atoms with Gasteiger partial charge in [-0.05, 0) is 57.2 Å². The quantitative estimate of drug-likeness (QED) is 0.886. The Morgan fingerprint density at radius 1 is 1.11 bits per heavy atom. The van der Waals surface area contributed by atoms with Crippen LogP contribution >= 0.6 is 0 Å². The van der Waals surface area contributed by atoms with E-state index in [0.29, 0.717) is 29.7 Å². The molecule has 1 aromatic carbocycles. The van der Waals surface area contributed by atoms with Crippen LogP contribution in [-0.2, 0) is 0 Å². The Morgan fingerprint density at radius 3 is 2.43 bits per heavy atom. The molecule has 2 amide bonds. The minimum Gasteiger partial charge on any atom is -0.348 e. The number of piperidine rings is 1. The van der Waals surface area contributed by atoms with Crippen LogP contribution in [0.4, 0.5) is 4.39 Å². The highest BCUT2D eigenvalue weighted by molar-refractivity contribution is 5.95. The number of benzene rings is 1. The maximum atomic E-state index is 13.9. The summed E-state index contributed by atoms with van der Waals surface area (Å²) in [5.74, 6) is -0.725. The second kappa shape index (κ2) is 7.30. The summed E-state index contributed by atoms with van der Waals surface area (Å²) < 4.78 is 13.9. The molecule has 146 valence electrons. The first-order valence-corrected chi connectivity index (χ1v) is 9.60. The van der Waals surface area contributed by atoms with Gasteiger partial charge < -0.3 is 10.2 Å². The summed E-state index contributed by atoms with van der Waals surface area (Å²) in [4.78, 5) is 35.5. The van der Waals surface area contributed by atoms with E-state index in [2.05, 4.69) is 15.3 Å². The zero-order chi connectivity index (χ0) is 19.8. The molecule has 2 aliphatic heterocycles. The average Bonchev–Trinajstić information content (AvgIpc) is 2.94. The molecule has 1 aromatic heterocycles. The van der Waals surface area contributed by atoms with Crippen LogP contribution in [0.5, 0.6) is 0 Å². The van der Waals surface area contributed by atoms with Crippen LogP contribution in [0.3, 0.4) is 0 Å². The molecule has 0 spiro atoms. The SMILES string of the molecule is Cc1cnc(C(=O)NC2CC3CCC(C2)N3C(=O)c2ccc(C)c(F)c2)cn1. The molecule has 0 aliphatic carbocycles. The summed E-state index contributed by atoms with van der Waals surface area (Å²) >= 11 is 0. The Hall–Kier alpha value is -2.83. The number of nitrogens with one attached hydrogen (secondary N) is 1. The Morgan fingerprint density at radius 2 is 1.82 bits per heavy atom. The Bertz CT molecular complexity index is 901. The molecule has 0 radical (unpaired) electrons. The summed E-state index contributed by atoms with van der Waals surface area (Å²) in [6, 6.07) is 4.76. The second-order valence-electron chi connectivity index (χ2n) is 7.75. The van der Waals surface area contributed by atoms with Crippen molar-refractivity contribution in [2.45, 2.75) is 57.7 Å². The van der Waals surface area contributed by atoms with Gasteiger partial charge in [-0.1, -0.05) is 6.07 Å². The van der Waals surface area contributed by atoms with E-state index in [-0.39, 0.29) is 35.8 Å². The number of rotatable bonds is 3. The third-order valence-corrected chi connectivity index (χ3v) is 5.74. The summed E-state index contributed by atoms with van der Waals surface area (Å²) in [6.45, 7) is 3.50. The van der Waals surface area contributed by atoms with Gasteiger partial charge in [-0.3, -0.25) is 14.6 Å². The van der Waals surface area contributed by atoms with Crippen molar-refractivity contribution in [2.24, 2.45) is 0 Å². The average molecular weight is 382 g/mol. The standard InChI is InChI=1S/C21H23FN4O2/c1-12-3-4-14(7-18(12)22)21(28)26-16-5-6-17(26)9-15(8-16)25-20(27)19-11-23-13(2)10-24-19/h3-4,7,10-11,15-17H,5-6,8-9H2,1-2H3,(H,25,27). The summed E-state index contributed by atoms with van der Waals surface area (Å²) in [7, 11) is 0. The van der Waals surface area contributed by atoms with Gasteiger partial charge in [0, 0.05) is 29.9 Å². The molecule has 4 rings (SSSR count). The smallest absolute Gasteiger partial charge is 0.271 e. The molecule has 0 saturated carbocycles. The van der Waals surface area contributed by atoms with Crippen LogP contribution in [0.2, 0.25) is 0 Å². The van der Waals surface area contributed by atoms with Crippen LogP contribution in [0.1, 0.15) is 57.8 Å². The fraction of sp³-hybridized carbons (Fsp3) is 0.429. The third kappa shape index (κ3) is 3.48. The van der Waals surface area contributed by atoms with Gasteiger partial charge >= 0.3 is 0 Å². The molecule has 1 N–H and O–H groups in total. The van der Waals surface area contributed by atoms with Crippen LogP contribution in [0.25, 0.3) is 0 Å². The van der Waals surface area contributed by atoms with Crippen molar-refractivity contribution in [1.29, 1.82) is 0 Å². The van der Waals surface area contributed by atoms with Crippen LogP contribution in [0, 0.1) is 19.7 Å². The first-order valence-electron chi connectivity index (χ1n) is 9.60. The minimum absolute atomic E-state index is 0.00749. The predicted molar refractivity (Wildman–Crippen MR) is 101 cm³/mol. The highest BCUT2D eigenvalue weighted by atomic mass is 19.1. The molecule has 2 saturated heterocycles. The van der Waals surface area contributed by atoms with Crippen LogP contribution in [0.15, 0.2) is 30.6 Å². The molecule has 2 atom stereocenters. The maximum absolute atomic E-state index is 13.9. The normalized spacial score (nSPS) is 23.5. The predicted octanol–water partition coefficient (Wildman–Crippen LogP) is 2.80. The maximum Gasteiger partial charge on any atom is 0.271 e. The molecule has 2 unspecified atom stereocenters. The Labute approximate surface area is 163 Å². The molecule has 2 aromatic rings. The summed E-state index contributed by atoms with van der Waals surface area (Å²) in [6.07, 6.45) is 6.25. The van der Waals surface area contributed by atoms with Crippen molar-refractivity contribution < 1.29 is 14.0 Å². The first-order chi connectivity index (χ1) is 13.4. The summed E-state index contributed by atoms with van der Waals surface area (Å²) in [5, 5.41) is 3.03. The lowest BCUT2D eigenvalue weighted by Crippen LogP contribution is -2.52. The van der Waals surface area contributed by atoms with E-state index in [9.17, 15) is 14.0 Å². The molecule has 2 bridgehead atoms. The van der Waals surface area contributed by atoms with Crippen molar-refractivity contribution >= 4 is 11.8 Å². The number of halogens is 1. The molecule has 7 heteroatoms. The lowest BCUT2D eigenvalue weighted by atomic mass is 9.96. The van der Waals surface area contributed by atoms with Gasteiger partial charge in [-0.2, -0.15) is 0 Å². The molecule has 6 nitrogen and oxygen atoms in total. The Balaban J connectivity index is 1.44. The number of hydrogen-bond donors (Lipinski definition) is 1. The van der Waals surface area contributed by atoms with Gasteiger partial charge in [-0.15, -0.1) is 0 Å². The van der Waals surface area contributed by atoms with E-state index in [1.54, 1.807) is 25.3 Å².